The lowest BCUT2D eigenvalue weighted by molar-refractivity contribution is -0.118. The fourth-order valence-corrected chi connectivity index (χ4v) is 2.86. The third-order valence-corrected chi connectivity index (χ3v) is 4.45. The fourth-order valence-electron chi connectivity index (χ4n) is 2.86. The highest BCUT2D eigenvalue weighted by Gasteiger charge is 2.51. The van der Waals surface area contributed by atoms with Crippen molar-refractivity contribution in [3.8, 4) is 5.75 Å². The van der Waals surface area contributed by atoms with Crippen LogP contribution >= 0.6 is 0 Å². The number of anilines is 1. The highest BCUT2D eigenvalue weighted by atomic mass is 16.5. The second kappa shape index (κ2) is 6.35. The van der Waals surface area contributed by atoms with Crippen LogP contribution < -0.4 is 15.4 Å². The number of hydrogen-bond acceptors (Lipinski definition) is 3. The molecule has 1 aliphatic carbocycles. The van der Waals surface area contributed by atoms with E-state index in [4.69, 9.17) is 4.74 Å². The summed E-state index contributed by atoms with van der Waals surface area (Å²) in [6.07, 6.45) is 1.64. The summed E-state index contributed by atoms with van der Waals surface area (Å²) in [6, 6.07) is 14.8. The number of nitrogens with one attached hydrogen (secondary N) is 2. The molecule has 2 aromatic rings. The maximum absolute atomic E-state index is 12.8. The van der Waals surface area contributed by atoms with Gasteiger partial charge < -0.3 is 15.4 Å². The van der Waals surface area contributed by atoms with Crippen molar-refractivity contribution in [3.63, 3.8) is 0 Å². The third kappa shape index (κ3) is 2.85. The molecule has 1 fully saturated rings. The van der Waals surface area contributed by atoms with Gasteiger partial charge in [-0.25, -0.2) is 0 Å². The zero-order chi connectivity index (χ0) is 17.2. The zero-order valence-corrected chi connectivity index (χ0v) is 13.8. The molecular weight excluding hydrogens is 304 g/mol. The van der Waals surface area contributed by atoms with Crippen LogP contribution in [-0.4, -0.2) is 26.0 Å². The van der Waals surface area contributed by atoms with Gasteiger partial charge in [0.2, 0.25) is 5.91 Å². The quantitative estimate of drug-likeness (QED) is 0.888. The first kappa shape index (κ1) is 16.1. The second-order valence-electron chi connectivity index (χ2n) is 5.90. The van der Waals surface area contributed by atoms with E-state index in [-0.39, 0.29) is 11.8 Å². The number of carbonyl (C=O) groups is 2. The topological polar surface area (TPSA) is 67.4 Å². The Labute approximate surface area is 141 Å². The van der Waals surface area contributed by atoms with Gasteiger partial charge in [0.15, 0.2) is 0 Å². The van der Waals surface area contributed by atoms with Crippen molar-refractivity contribution >= 4 is 17.5 Å². The molecule has 0 aromatic heterocycles. The predicted molar refractivity (Wildman–Crippen MR) is 92.4 cm³/mol. The van der Waals surface area contributed by atoms with Crippen LogP contribution in [-0.2, 0) is 10.2 Å². The molecule has 5 heteroatoms. The molecule has 0 radical (unpaired) electrons. The van der Waals surface area contributed by atoms with Gasteiger partial charge in [0.1, 0.15) is 5.75 Å². The summed E-state index contributed by atoms with van der Waals surface area (Å²) in [5, 5.41) is 5.51. The molecule has 5 nitrogen and oxygen atoms in total. The molecule has 2 amide bonds. The van der Waals surface area contributed by atoms with Gasteiger partial charge in [-0.05, 0) is 36.6 Å². The molecule has 24 heavy (non-hydrogen) atoms. The van der Waals surface area contributed by atoms with E-state index in [1.807, 2.05) is 30.3 Å². The van der Waals surface area contributed by atoms with Crippen molar-refractivity contribution in [2.24, 2.45) is 0 Å². The molecular formula is C19H20N2O3. The van der Waals surface area contributed by atoms with Crippen LogP contribution in [0.25, 0.3) is 0 Å². The standard InChI is InChI=1S/C19H20N2O3/c1-20-17(22)13-8-9-16(24-2)15(12-13)21-18(23)19(10-11-19)14-6-4-3-5-7-14/h3-9,12H,10-11H2,1-2H3,(H,20,22)(H,21,23). The summed E-state index contributed by atoms with van der Waals surface area (Å²) in [7, 11) is 3.11. The minimum atomic E-state index is -0.477. The largest absolute Gasteiger partial charge is 0.495 e. The van der Waals surface area contributed by atoms with E-state index >= 15 is 0 Å². The van der Waals surface area contributed by atoms with Gasteiger partial charge in [-0.15, -0.1) is 0 Å². The average molecular weight is 324 g/mol. The summed E-state index contributed by atoms with van der Waals surface area (Å²) in [4.78, 5) is 24.7. The van der Waals surface area contributed by atoms with E-state index in [1.165, 1.54) is 7.11 Å². The number of amides is 2. The van der Waals surface area contributed by atoms with Crippen LogP contribution in [0.5, 0.6) is 5.75 Å². The Balaban J connectivity index is 1.88. The first-order valence-electron chi connectivity index (χ1n) is 7.88. The lowest BCUT2D eigenvalue weighted by atomic mass is 9.95. The smallest absolute Gasteiger partial charge is 0.251 e. The van der Waals surface area contributed by atoms with Crippen LogP contribution in [0.4, 0.5) is 5.69 Å². The Morgan fingerprint density at radius 1 is 1.08 bits per heavy atom. The number of hydrogen-bond donors (Lipinski definition) is 2. The van der Waals surface area contributed by atoms with Gasteiger partial charge in [0, 0.05) is 12.6 Å². The van der Waals surface area contributed by atoms with Gasteiger partial charge in [-0.1, -0.05) is 30.3 Å². The van der Waals surface area contributed by atoms with E-state index in [9.17, 15) is 9.59 Å². The number of carbonyl (C=O) groups excluding carboxylic acids is 2. The Bertz CT molecular complexity index is 767. The molecule has 1 saturated carbocycles. The normalized spacial score (nSPS) is 14.6. The van der Waals surface area contributed by atoms with Crippen LogP contribution in [0.1, 0.15) is 28.8 Å². The predicted octanol–water partition coefficient (Wildman–Crippen LogP) is 2.73. The van der Waals surface area contributed by atoms with Gasteiger partial charge in [-0.2, -0.15) is 0 Å². The van der Waals surface area contributed by atoms with Gasteiger partial charge in [-0.3, -0.25) is 9.59 Å². The van der Waals surface area contributed by atoms with Crippen molar-refractivity contribution in [1.29, 1.82) is 0 Å². The second-order valence-corrected chi connectivity index (χ2v) is 5.90. The van der Waals surface area contributed by atoms with Gasteiger partial charge >= 0.3 is 0 Å². The van der Waals surface area contributed by atoms with Crippen LogP contribution in [0.2, 0.25) is 0 Å². The van der Waals surface area contributed by atoms with Gasteiger partial charge in [0.25, 0.3) is 5.91 Å². The zero-order valence-electron chi connectivity index (χ0n) is 13.8. The Hall–Kier alpha value is -2.82. The summed E-state index contributed by atoms with van der Waals surface area (Å²) in [5.41, 5.74) is 1.52. The molecule has 1 aliphatic rings. The maximum atomic E-state index is 12.8. The number of benzene rings is 2. The highest BCUT2D eigenvalue weighted by molar-refractivity contribution is 6.03. The van der Waals surface area contributed by atoms with E-state index < -0.39 is 5.41 Å². The van der Waals surface area contributed by atoms with Crippen LogP contribution in [0.15, 0.2) is 48.5 Å². The SMILES string of the molecule is CNC(=O)c1ccc(OC)c(NC(=O)C2(c3ccccc3)CC2)c1. The molecule has 0 atom stereocenters. The fraction of sp³-hybridized carbons (Fsp3) is 0.263. The van der Waals surface area contributed by atoms with E-state index in [1.54, 1.807) is 25.2 Å². The average Bonchev–Trinajstić information content (AvgIpc) is 3.43. The Morgan fingerprint density at radius 3 is 2.38 bits per heavy atom. The molecule has 0 saturated heterocycles. The van der Waals surface area contributed by atoms with E-state index in [0.717, 1.165) is 18.4 Å². The lowest BCUT2D eigenvalue weighted by Crippen LogP contribution is -2.28. The number of methoxy groups -OCH3 is 1. The highest BCUT2D eigenvalue weighted by Crippen LogP contribution is 2.49. The Morgan fingerprint density at radius 2 is 1.79 bits per heavy atom. The van der Waals surface area contributed by atoms with Crippen molar-refractivity contribution in [3.05, 3.63) is 59.7 Å². The minimum absolute atomic E-state index is 0.0685. The first-order chi connectivity index (χ1) is 11.6. The molecule has 124 valence electrons. The molecule has 0 bridgehead atoms. The number of ether oxygens (including phenoxy) is 1. The minimum Gasteiger partial charge on any atom is -0.495 e. The molecule has 3 rings (SSSR count). The van der Waals surface area contributed by atoms with Gasteiger partial charge in [0.05, 0.1) is 18.2 Å². The van der Waals surface area contributed by atoms with E-state index in [0.29, 0.717) is 17.0 Å². The van der Waals surface area contributed by atoms with Crippen molar-refractivity contribution in [2.45, 2.75) is 18.3 Å². The molecule has 2 aromatic carbocycles. The third-order valence-electron chi connectivity index (χ3n) is 4.45. The lowest BCUT2D eigenvalue weighted by Gasteiger charge is -2.18. The maximum Gasteiger partial charge on any atom is 0.251 e. The molecule has 2 N–H and O–H groups in total. The monoisotopic (exact) mass is 324 g/mol. The van der Waals surface area contributed by atoms with Crippen LogP contribution in [0, 0.1) is 0 Å². The van der Waals surface area contributed by atoms with Crippen molar-refractivity contribution < 1.29 is 14.3 Å². The van der Waals surface area contributed by atoms with E-state index in [2.05, 4.69) is 10.6 Å². The molecule has 0 aliphatic heterocycles. The summed E-state index contributed by atoms with van der Waals surface area (Å²) < 4.78 is 5.31. The number of rotatable bonds is 5. The first-order valence-corrected chi connectivity index (χ1v) is 7.88. The molecule has 0 spiro atoms. The van der Waals surface area contributed by atoms with Crippen molar-refractivity contribution in [1.82, 2.24) is 5.32 Å². The van der Waals surface area contributed by atoms with Crippen molar-refractivity contribution in [2.75, 3.05) is 19.5 Å². The summed E-state index contributed by atoms with van der Waals surface area (Å²) in [5.74, 6) is 0.248. The molecule has 0 unspecified atom stereocenters. The summed E-state index contributed by atoms with van der Waals surface area (Å²) in [6.45, 7) is 0. The molecule has 0 heterocycles. The Kier molecular flexibility index (Phi) is 4.25. The summed E-state index contributed by atoms with van der Waals surface area (Å²) >= 11 is 0. The van der Waals surface area contributed by atoms with Crippen LogP contribution in [0.3, 0.4) is 0 Å².